The summed E-state index contributed by atoms with van der Waals surface area (Å²) in [5, 5.41) is 5.58. The lowest BCUT2D eigenvalue weighted by Gasteiger charge is -2.27. The van der Waals surface area contributed by atoms with Gasteiger partial charge in [-0.3, -0.25) is 24.1 Å². The van der Waals surface area contributed by atoms with Gasteiger partial charge >= 0.3 is 6.03 Å². The van der Waals surface area contributed by atoms with Gasteiger partial charge in [0.05, 0.1) is 6.54 Å². The molecule has 3 atom stereocenters. The molecule has 1 heterocycles. The number of urea groups is 1. The number of rotatable bonds is 12. The van der Waals surface area contributed by atoms with Gasteiger partial charge in [0.25, 0.3) is 17.7 Å². The molecule has 12 heteroatoms. The minimum atomic E-state index is -1.73. The molecule has 1 aliphatic heterocycles. The fourth-order valence-electron chi connectivity index (χ4n) is 5.45. The van der Waals surface area contributed by atoms with Gasteiger partial charge in [0.1, 0.15) is 11.7 Å². The maximum Gasteiger partial charge on any atom is 0.336 e. The maximum atomic E-state index is 14.3. The first-order chi connectivity index (χ1) is 23.1. The number of hydrogen-bond acceptors (Lipinski definition) is 7. The predicted octanol–water partition coefficient (Wildman–Crippen LogP) is 6.10. The Morgan fingerprint density at radius 3 is 2.24 bits per heavy atom. The number of aryl methyl sites for hydroxylation is 2. The van der Waals surface area contributed by atoms with Crippen molar-refractivity contribution in [2.45, 2.75) is 85.2 Å². The van der Waals surface area contributed by atoms with Crippen LogP contribution in [0.3, 0.4) is 0 Å². The van der Waals surface area contributed by atoms with Crippen molar-refractivity contribution in [2.24, 2.45) is 0 Å². The lowest BCUT2D eigenvalue weighted by Crippen LogP contribution is -2.49. The largest absolute Gasteiger partial charge is 0.480 e. The Labute approximate surface area is 291 Å². The Morgan fingerprint density at radius 1 is 0.939 bits per heavy atom. The quantitative estimate of drug-likeness (QED) is 0.173. The third-order valence-electron chi connectivity index (χ3n) is 7.74. The van der Waals surface area contributed by atoms with E-state index in [1.165, 1.54) is 18.2 Å². The summed E-state index contributed by atoms with van der Waals surface area (Å²) in [5.74, 6) is -4.44. The number of imide groups is 3. The molecule has 3 unspecified atom stereocenters. The molecule has 6 amide bonds. The molecule has 49 heavy (non-hydrogen) atoms. The summed E-state index contributed by atoms with van der Waals surface area (Å²) in [6.45, 7) is 12.6. The van der Waals surface area contributed by atoms with Crippen molar-refractivity contribution in [3.8, 4) is 5.75 Å². The van der Waals surface area contributed by atoms with E-state index in [-0.39, 0.29) is 29.4 Å². The van der Waals surface area contributed by atoms with Crippen molar-refractivity contribution in [2.75, 3.05) is 11.9 Å². The van der Waals surface area contributed by atoms with Crippen LogP contribution in [-0.4, -0.2) is 63.9 Å². The summed E-state index contributed by atoms with van der Waals surface area (Å²) in [7, 11) is 0. The summed E-state index contributed by atoms with van der Waals surface area (Å²) < 4.78 is 11.7. The van der Waals surface area contributed by atoms with Gasteiger partial charge < -0.3 is 20.1 Å². The third kappa shape index (κ3) is 8.84. The predicted molar refractivity (Wildman–Crippen MR) is 186 cm³/mol. The summed E-state index contributed by atoms with van der Waals surface area (Å²) in [6, 6.07) is 18.0. The second kappa shape index (κ2) is 15.7. The fourth-order valence-corrected chi connectivity index (χ4v) is 5.68. The second-order valence-corrected chi connectivity index (χ2v) is 13.3. The summed E-state index contributed by atoms with van der Waals surface area (Å²) >= 11 is 6.61. The van der Waals surface area contributed by atoms with E-state index in [2.05, 4.69) is 10.6 Å². The molecule has 0 radical (unpaired) electrons. The van der Waals surface area contributed by atoms with Crippen LogP contribution in [0.15, 0.2) is 66.7 Å². The Hall–Kier alpha value is -4.74. The van der Waals surface area contributed by atoms with Gasteiger partial charge in [0, 0.05) is 22.9 Å². The SMILES string of the molecule is CCOC1C(=O)N(C(=O)C(C(=O)NC(C)(C)C)c2cc(NC(=O)C(CC)Oc3ccc(C)cc3C)ccc2Cl)C(=O)N1Cc1ccccc1. The molecule has 4 rings (SSSR count). The van der Waals surface area contributed by atoms with Gasteiger partial charge in [-0.2, -0.15) is 4.90 Å². The molecular weight excluding hydrogens is 648 g/mol. The number of ether oxygens (including phenoxy) is 2. The van der Waals surface area contributed by atoms with Crippen LogP contribution in [0.5, 0.6) is 5.75 Å². The third-order valence-corrected chi connectivity index (χ3v) is 8.08. The topological polar surface area (TPSA) is 134 Å². The molecule has 1 fully saturated rings. The molecule has 0 spiro atoms. The van der Waals surface area contributed by atoms with Gasteiger partial charge in [-0.1, -0.05) is 66.6 Å². The summed E-state index contributed by atoms with van der Waals surface area (Å²) in [5.41, 5.74) is 2.08. The van der Waals surface area contributed by atoms with E-state index >= 15 is 0 Å². The number of nitrogens with one attached hydrogen (secondary N) is 2. The van der Waals surface area contributed by atoms with Crippen molar-refractivity contribution in [3.63, 3.8) is 0 Å². The molecule has 0 bridgehead atoms. The highest BCUT2D eigenvalue weighted by molar-refractivity contribution is 6.33. The molecule has 1 aliphatic rings. The van der Waals surface area contributed by atoms with E-state index in [9.17, 15) is 24.0 Å². The highest BCUT2D eigenvalue weighted by Gasteiger charge is 2.52. The van der Waals surface area contributed by atoms with Crippen molar-refractivity contribution in [1.82, 2.24) is 15.1 Å². The van der Waals surface area contributed by atoms with Gasteiger partial charge in [-0.05, 0) is 88.9 Å². The monoisotopic (exact) mass is 690 g/mol. The Bertz CT molecular complexity index is 1720. The molecule has 11 nitrogen and oxygen atoms in total. The van der Waals surface area contributed by atoms with E-state index in [1.54, 1.807) is 52.0 Å². The lowest BCUT2D eigenvalue weighted by molar-refractivity contribution is -0.149. The van der Waals surface area contributed by atoms with Crippen LogP contribution in [-0.2, 0) is 30.5 Å². The van der Waals surface area contributed by atoms with E-state index in [4.69, 9.17) is 21.1 Å². The highest BCUT2D eigenvalue weighted by Crippen LogP contribution is 2.33. The van der Waals surface area contributed by atoms with Crippen molar-refractivity contribution in [1.29, 1.82) is 0 Å². The molecular formula is C37H43ClN4O7. The van der Waals surface area contributed by atoms with Crippen LogP contribution in [0.4, 0.5) is 10.5 Å². The summed E-state index contributed by atoms with van der Waals surface area (Å²) in [4.78, 5) is 70.6. The lowest BCUT2D eigenvalue weighted by atomic mass is 9.94. The normalized spacial score (nSPS) is 16.0. The van der Waals surface area contributed by atoms with Crippen LogP contribution < -0.4 is 15.4 Å². The number of amides is 6. The first-order valence-electron chi connectivity index (χ1n) is 16.1. The van der Waals surface area contributed by atoms with E-state index < -0.39 is 53.4 Å². The van der Waals surface area contributed by atoms with E-state index in [0.717, 1.165) is 16.0 Å². The van der Waals surface area contributed by atoms with Crippen molar-refractivity contribution >= 4 is 46.9 Å². The number of anilines is 1. The highest BCUT2D eigenvalue weighted by atomic mass is 35.5. The molecule has 1 saturated heterocycles. The molecule has 0 aliphatic carbocycles. The summed E-state index contributed by atoms with van der Waals surface area (Å²) in [6.07, 6.45) is -1.88. The van der Waals surface area contributed by atoms with Crippen LogP contribution in [0.1, 0.15) is 69.2 Å². The van der Waals surface area contributed by atoms with Crippen LogP contribution in [0.2, 0.25) is 5.02 Å². The molecule has 0 saturated carbocycles. The first kappa shape index (κ1) is 37.1. The van der Waals surface area contributed by atoms with Crippen LogP contribution in [0, 0.1) is 13.8 Å². The zero-order valence-electron chi connectivity index (χ0n) is 28.8. The van der Waals surface area contributed by atoms with E-state index in [0.29, 0.717) is 22.6 Å². The molecule has 3 aromatic rings. The number of halogens is 1. The number of nitrogens with zero attached hydrogens (tertiary/aromatic N) is 2. The number of carbonyl (C=O) groups is 5. The second-order valence-electron chi connectivity index (χ2n) is 12.9. The Balaban J connectivity index is 1.68. The Morgan fingerprint density at radius 2 is 1.63 bits per heavy atom. The van der Waals surface area contributed by atoms with Crippen LogP contribution >= 0.6 is 11.6 Å². The molecule has 260 valence electrons. The fraction of sp³-hybridized carbons (Fsp3) is 0.378. The van der Waals surface area contributed by atoms with Gasteiger partial charge in [0.15, 0.2) is 6.10 Å². The minimum Gasteiger partial charge on any atom is -0.480 e. The smallest absolute Gasteiger partial charge is 0.336 e. The van der Waals surface area contributed by atoms with E-state index in [1.807, 2.05) is 45.0 Å². The molecule has 3 aromatic carbocycles. The van der Waals surface area contributed by atoms with Crippen LogP contribution in [0.25, 0.3) is 0 Å². The Kier molecular flexibility index (Phi) is 11.8. The zero-order valence-corrected chi connectivity index (χ0v) is 29.6. The van der Waals surface area contributed by atoms with Gasteiger partial charge in [-0.15, -0.1) is 0 Å². The molecule has 0 aromatic heterocycles. The van der Waals surface area contributed by atoms with Gasteiger partial charge in [0.2, 0.25) is 12.1 Å². The van der Waals surface area contributed by atoms with Gasteiger partial charge in [-0.25, -0.2) is 4.79 Å². The number of carbonyl (C=O) groups excluding carboxylic acids is 5. The maximum absolute atomic E-state index is 14.3. The van der Waals surface area contributed by atoms with Crippen molar-refractivity contribution < 1.29 is 33.4 Å². The number of hydrogen-bond donors (Lipinski definition) is 2. The van der Waals surface area contributed by atoms with Crippen molar-refractivity contribution in [3.05, 3.63) is 94.0 Å². The first-order valence-corrected chi connectivity index (χ1v) is 16.5. The average Bonchev–Trinajstić information content (AvgIpc) is 3.25. The minimum absolute atomic E-state index is 0.00960. The number of benzene rings is 3. The standard InChI is InChI=1S/C37H43ClN4O7/c1-8-28(49-29-18-15-22(3)19-23(29)4)31(43)39-25-16-17-27(38)26(20-25)30(32(44)40-37(5,6)7)33(45)42-34(46)35(48-9-2)41(36(42)47)21-24-13-11-10-12-14-24/h10-20,28,30,35H,8-9,21H2,1-7H3,(H,39,43)(H,40,44). The zero-order chi connectivity index (χ0) is 36.0. The average molecular weight is 691 g/mol. The molecule has 2 N–H and O–H groups in total.